The molecule has 0 aliphatic carbocycles. The number of thiocarbonyl (C=S) groups is 1. The summed E-state index contributed by atoms with van der Waals surface area (Å²) in [5.74, 6) is 0.629. The van der Waals surface area contributed by atoms with Crippen molar-refractivity contribution in [3.05, 3.63) is 39.9 Å². The first-order chi connectivity index (χ1) is 11.4. The van der Waals surface area contributed by atoms with Crippen molar-refractivity contribution in [1.29, 1.82) is 0 Å². The quantitative estimate of drug-likeness (QED) is 0.398. The Morgan fingerprint density at radius 1 is 1.42 bits per heavy atom. The van der Waals surface area contributed by atoms with Crippen molar-refractivity contribution >= 4 is 23.0 Å². The van der Waals surface area contributed by atoms with Gasteiger partial charge in [0.05, 0.1) is 11.0 Å². The van der Waals surface area contributed by atoms with E-state index in [1.165, 1.54) is 25.3 Å². The van der Waals surface area contributed by atoms with Crippen LogP contribution in [-0.4, -0.2) is 28.5 Å². The summed E-state index contributed by atoms with van der Waals surface area (Å²) in [6.07, 6.45) is 4.81. The molecule has 1 aromatic carbocycles. The van der Waals surface area contributed by atoms with E-state index in [9.17, 15) is 10.1 Å². The van der Waals surface area contributed by atoms with Gasteiger partial charge in [-0.1, -0.05) is 45.2 Å². The molecular weight excluding hydrogens is 322 g/mol. The first kappa shape index (κ1) is 20.4. The molecule has 1 rings (SSSR count). The van der Waals surface area contributed by atoms with Crippen molar-refractivity contribution in [2.75, 3.05) is 13.6 Å². The number of non-ortho nitro benzene ring substituents is 1. The number of hydrogen-bond acceptors (Lipinski definition) is 3. The summed E-state index contributed by atoms with van der Waals surface area (Å²) in [6.45, 7) is 7.29. The number of hydrogen-bond donors (Lipinski definition) is 1. The topological polar surface area (TPSA) is 58.4 Å². The van der Waals surface area contributed by atoms with Crippen LogP contribution in [0, 0.1) is 16.0 Å². The van der Waals surface area contributed by atoms with E-state index in [4.69, 9.17) is 12.2 Å². The van der Waals surface area contributed by atoms with Gasteiger partial charge in [0.15, 0.2) is 5.11 Å². The maximum absolute atomic E-state index is 10.9. The van der Waals surface area contributed by atoms with Crippen LogP contribution in [0.1, 0.15) is 58.1 Å². The Hall–Kier alpha value is -1.69. The lowest BCUT2D eigenvalue weighted by Crippen LogP contribution is -2.40. The van der Waals surface area contributed by atoms with Gasteiger partial charge in [-0.05, 0) is 37.0 Å². The van der Waals surface area contributed by atoms with Gasteiger partial charge in [0.1, 0.15) is 0 Å². The molecule has 0 radical (unpaired) electrons. The van der Waals surface area contributed by atoms with E-state index in [1.807, 2.05) is 24.9 Å². The number of rotatable bonds is 9. The van der Waals surface area contributed by atoms with Crippen molar-refractivity contribution in [3.8, 4) is 0 Å². The third-order valence-corrected chi connectivity index (χ3v) is 4.98. The molecule has 0 aromatic heterocycles. The average Bonchev–Trinajstić information content (AvgIpc) is 2.60. The Labute approximate surface area is 150 Å². The summed E-state index contributed by atoms with van der Waals surface area (Å²) >= 11 is 5.50. The first-order valence-electron chi connectivity index (χ1n) is 8.65. The molecule has 0 aliphatic rings. The molecule has 0 bridgehead atoms. The third kappa shape index (κ3) is 6.07. The summed E-state index contributed by atoms with van der Waals surface area (Å²) in [6, 6.07) is 6.70. The molecular formula is C18H29N3O2S. The van der Waals surface area contributed by atoms with Crippen LogP contribution in [0.2, 0.25) is 0 Å². The Morgan fingerprint density at radius 2 is 2.12 bits per heavy atom. The smallest absolute Gasteiger partial charge is 0.269 e. The molecule has 1 aromatic rings. The Balaban J connectivity index is 2.64. The van der Waals surface area contributed by atoms with Crippen LogP contribution in [0.4, 0.5) is 5.69 Å². The molecule has 0 amide bonds. The SMILES string of the molecule is CCCC[C@@H](CC)CNC(=S)N(C)[C@H](C)c1cccc([N+](=O)[O-])c1. The van der Waals surface area contributed by atoms with Crippen LogP contribution < -0.4 is 5.32 Å². The maximum Gasteiger partial charge on any atom is 0.269 e. The fourth-order valence-electron chi connectivity index (χ4n) is 2.60. The second-order valence-electron chi connectivity index (χ2n) is 6.24. The van der Waals surface area contributed by atoms with Crippen molar-refractivity contribution in [3.63, 3.8) is 0 Å². The number of unbranched alkanes of at least 4 members (excludes halogenated alkanes) is 1. The van der Waals surface area contributed by atoms with Gasteiger partial charge in [-0.25, -0.2) is 0 Å². The highest BCUT2D eigenvalue weighted by atomic mass is 32.1. The van der Waals surface area contributed by atoms with Gasteiger partial charge in [-0.3, -0.25) is 10.1 Å². The number of nitrogens with one attached hydrogen (secondary N) is 1. The monoisotopic (exact) mass is 351 g/mol. The molecule has 0 heterocycles. The minimum atomic E-state index is -0.369. The fourth-order valence-corrected chi connectivity index (χ4v) is 2.84. The van der Waals surface area contributed by atoms with Gasteiger partial charge >= 0.3 is 0 Å². The minimum absolute atomic E-state index is 0.0272. The average molecular weight is 352 g/mol. The minimum Gasteiger partial charge on any atom is -0.362 e. The molecule has 1 N–H and O–H groups in total. The molecule has 0 saturated heterocycles. The van der Waals surface area contributed by atoms with Crippen LogP contribution in [0.25, 0.3) is 0 Å². The van der Waals surface area contributed by atoms with Crippen molar-refractivity contribution in [2.45, 2.75) is 52.5 Å². The number of benzene rings is 1. The standard InChI is InChI=1S/C18H29N3O2S/c1-5-7-9-15(6-2)13-19-18(24)20(4)14(3)16-10-8-11-17(12-16)21(22)23/h8,10-12,14-15H,5-7,9,13H2,1-4H3,(H,19,24)/t14-,15-/m1/s1. The van der Waals surface area contributed by atoms with Crippen molar-refractivity contribution < 1.29 is 4.92 Å². The summed E-state index contributed by atoms with van der Waals surface area (Å²) < 4.78 is 0. The molecule has 2 atom stereocenters. The zero-order valence-corrected chi connectivity index (χ0v) is 15.9. The van der Waals surface area contributed by atoms with E-state index in [0.717, 1.165) is 18.5 Å². The third-order valence-electron chi connectivity index (χ3n) is 4.55. The molecule has 0 saturated carbocycles. The second kappa shape index (κ2) is 10.2. The predicted molar refractivity (Wildman–Crippen MR) is 103 cm³/mol. The molecule has 0 unspecified atom stereocenters. The molecule has 24 heavy (non-hydrogen) atoms. The van der Waals surface area contributed by atoms with Crippen LogP contribution >= 0.6 is 12.2 Å². The van der Waals surface area contributed by atoms with E-state index < -0.39 is 0 Å². The van der Waals surface area contributed by atoms with Crippen molar-refractivity contribution in [2.24, 2.45) is 5.92 Å². The first-order valence-corrected chi connectivity index (χ1v) is 9.06. The van der Waals surface area contributed by atoms with Crippen LogP contribution in [0.5, 0.6) is 0 Å². The van der Waals surface area contributed by atoms with E-state index in [0.29, 0.717) is 11.0 Å². The van der Waals surface area contributed by atoms with E-state index in [-0.39, 0.29) is 16.7 Å². The molecule has 0 spiro atoms. The summed E-state index contributed by atoms with van der Waals surface area (Å²) in [5.41, 5.74) is 0.992. The zero-order valence-electron chi connectivity index (χ0n) is 15.1. The molecule has 0 fully saturated rings. The predicted octanol–water partition coefficient (Wildman–Crippen LogP) is 4.68. The van der Waals surface area contributed by atoms with E-state index in [1.54, 1.807) is 12.1 Å². The number of nitrogens with zero attached hydrogens (tertiary/aromatic N) is 2. The highest BCUT2D eigenvalue weighted by Crippen LogP contribution is 2.23. The number of nitro groups is 1. The summed E-state index contributed by atoms with van der Waals surface area (Å²) in [7, 11) is 1.92. The largest absolute Gasteiger partial charge is 0.362 e. The second-order valence-corrected chi connectivity index (χ2v) is 6.63. The van der Waals surface area contributed by atoms with Gasteiger partial charge in [0.2, 0.25) is 0 Å². The van der Waals surface area contributed by atoms with Gasteiger partial charge in [-0.2, -0.15) is 0 Å². The normalized spacial score (nSPS) is 13.2. The zero-order chi connectivity index (χ0) is 18.1. The lowest BCUT2D eigenvalue weighted by atomic mass is 9.99. The van der Waals surface area contributed by atoms with Gasteiger partial charge in [-0.15, -0.1) is 0 Å². The van der Waals surface area contributed by atoms with Gasteiger partial charge in [0.25, 0.3) is 5.69 Å². The molecule has 5 nitrogen and oxygen atoms in total. The van der Waals surface area contributed by atoms with Gasteiger partial charge in [0, 0.05) is 25.7 Å². The Morgan fingerprint density at radius 3 is 2.71 bits per heavy atom. The van der Waals surface area contributed by atoms with Crippen LogP contribution in [0.3, 0.4) is 0 Å². The molecule has 134 valence electrons. The molecule has 6 heteroatoms. The van der Waals surface area contributed by atoms with Crippen LogP contribution in [-0.2, 0) is 0 Å². The Bertz CT molecular complexity index is 551. The lowest BCUT2D eigenvalue weighted by molar-refractivity contribution is -0.384. The van der Waals surface area contributed by atoms with Crippen molar-refractivity contribution in [1.82, 2.24) is 10.2 Å². The van der Waals surface area contributed by atoms with Gasteiger partial charge < -0.3 is 10.2 Å². The van der Waals surface area contributed by atoms with E-state index >= 15 is 0 Å². The number of nitro benzene ring substituents is 1. The molecule has 0 aliphatic heterocycles. The summed E-state index contributed by atoms with van der Waals surface area (Å²) in [5, 5.41) is 15.0. The fraction of sp³-hybridized carbons (Fsp3) is 0.611. The van der Waals surface area contributed by atoms with E-state index in [2.05, 4.69) is 19.2 Å². The van der Waals surface area contributed by atoms with Crippen LogP contribution in [0.15, 0.2) is 24.3 Å². The maximum atomic E-state index is 10.9. The Kier molecular flexibility index (Phi) is 8.68. The summed E-state index contributed by atoms with van der Waals surface area (Å²) in [4.78, 5) is 12.5. The highest BCUT2D eigenvalue weighted by molar-refractivity contribution is 7.80. The lowest BCUT2D eigenvalue weighted by Gasteiger charge is -2.29. The highest BCUT2D eigenvalue weighted by Gasteiger charge is 2.17.